The van der Waals surface area contributed by atoms with Gasteiger partial charge in [-0.05, 0) is 37.0 Å². The van der Waals surface area contributed by atoms with Crippen LogP contribution in [0.4, 0.5) is 0 Å². The highest BCUT2D eigenvalue weighted by Gasteiger charge is 2.06. The summed E-state index contributed by atoms with van der Waals surface area (Å²) in [5.41, 5.74) is 2.01. The molecule has 5 heteroatoms. The van der Waals surface area contributed by atoms with Crippen LogP contribution in [0, 0.1) is 4.77 Å². The molecule has 0 bridgehead atoms. The number of nitrogens with one attached hydrogen (secondary N) is 1. The Kier molecular flexibility index (Phi) is 4.69. The number of hydrogen-bond donors (Lipinski definition) is 1. The summed E-state index contributed by atoms with van der Waals surface area (Å²) in [5, 5.41) is 0.673. The second kappa shape index (κ2) is 6.89. The zero-order valence-corrected chi connectivity index (χ0v) is 13.8. The molecule has 0 fully saturated rings. The highest BCUT2D eigenvalue weighted by Crippen LogP contribution is 2.06. The Balaban J connectivity index is 1.77. The van der Waals surface area contributed by atoms with Gasteiger partial charge < -0.3 is 9.88 Å². The Bertz CT molecular complexity index is 915. The molecule has 0 atom stereocenters. The standard InChI is InChI=1S/C18H19N3OS/c1-20(13-14-7-3-2-4-8-14)11-12-21-17(22)15-9-5-6-10-16(15)19-18(21)23/h2-10H,11-13H2,1H3,(H,19,23). The van der Waals surface area contributed by atoms with Crippen LogP contribution in [0.5, 0.6) is 0 Å². The van der Waals surface area contributed by atoms with Crippen molar-refractivity contribution >= 4 is 23.1 Å². The third kappa shape index (κ3) is 3.57. The fourth-order valence-corrected chi connectivity index (χ4v) is 2.93. The Labute approximate surface area is 140 Å². The van der Waals surface area contributed by atoms with E-state index in [-0.39, 0.29) is 5.56 Å². The SMILES string of the molecule is CN(CCn1c(=S)[nH]c2ccccc2c1=O)Cc1ccccc1. The van der Waals surface area contributed by atoms with Crippen molar-refractivity contribution in [2.75, 3.05) is 13.6 Å². The molecule has 0 aliphatic carbocycles. The van der Waals surface area contributed by atoms with Gasteiger partial charge in [0.15, 0.2) is 4.77 Å². The predicted molar refractivity (Wildman–Crippen MR) is 96.2 cm³/mol. The third-order valence-corrected chi connectivity index (χ3v) is 4.21. The molecule has 0 aliphatic heterocycles. The number of aromatic amines is 1. The molecule has 3 aromatic rings. The lowest BCUT2D eigenvalue weighted by Crippen LogP contribution is -2.29. The molecular weight excluding hydrogens is 306 g/mol. The molecule has 4 nitrogen and oxygen atoms in total. The minimum absolute atomic E-state index is 0.0301. The first kappa shape index (κ1) is 15.6. The Hall–Kier alpha value is -2.24. The molecule has 118 valence electrons. The maximum atomic E-state index is 12.6. The summed E-state index contributed by atoms with van der Waals surface area (Å²) < 4.78 is 2.11. The maximum absolute atomic E-state index is 12.6. The van der Waals surface area contributed by atoms with Crippen LogP contribution in [-0.4, -0.2) is 28.0 Å². The van der Waals surface area contributed by atoms with Gasteiger partial charge in [-0.3, -0.25) is 9.36 Å². The summed E-state index contributed by atoms with van der Waals surface area (Å²) in [6.07, 6.45) is 0. The molecule has 1 aromatic heterocycles. The topological polar surface area (TPSA) is 41.0 Å². The Morgan fingerprint density at radius 3 is 2.57 bits per heavy atom. The van der Waals surface area contributed by atoms with Gasteiger partial charge in [0.1, 0.15) is 0 Å². The van der Waals surface area contributed by atoms with Gasteiger partial charge in [0, 0.05) is 19.6 Å². The van der Waals surface area contributed by atoms with Gasteiger partial charge in [-0.15, -0.1) is 0 Å². The van der Waals surface area contributed by atoms with Crippen LogP contribution in [-0.2, 0) is 13.1 Å². The van der Waals surface area contributed by atoms with E-state index >= 15 is 0 Å². The molecule has 0 saturated carbocycles. The maximum Gasteiger partial charge on any atom is 0.262 e. The van der Waals surface area contributed by atoms with Crippen molar-refractivity contribution in [3.05, 3.63) is 75.3 Å². The zero-order chi connectivity index (χ0) is 16.2. The first-order valence-corrected chi connectivity index (χ1v) is 8.00. The van der Waals surface area contributed by atoms with E-state index in [9.17, 15) is 4.79 Å². The highest BCUT2D eigenvalue weighted by molar-refractivity contribution is 7.71. The fraction of sp³-hybridized carbons (Fsp3) is 0.222. The summed E-state index contributed by atoms with van der Waals surface area (Å²) in [7, 11) is 2.05. The average molecular weight is 325 g/mol. The van der Waals surface area contributed by atoms with E-state index in [0.717, 1.165) is 18.6 Å². The molecule has 0 spiro atoms. The van der Waals surface area contributed by atoms with Gasteiger partial charge in [0.2, 0.25) is 0 Å². The van der Waals surface area contributed by atoms with Crippen LogP contribution >= 0.6 is 12.2 Å². The molecule has 1 heterocycles. The van der Waals surface area contributed by atoms with Gasteiger partial charge in [-0.1, -0.05) is 42.5 Å². The van der Waals surface area contributed by atoms with Crippen molar-refractivity contribution in [3.8, 4) is 0 Å². The van der Waals surface area contributed by atoms with Crippen LogP contribution in [0.15, 0.2) is 59.4 Å². The van der Waals surface area contributed by atoms with Crippen LogP contribution in [0.25, 0.3) is 10.9 Å². The Morgan fingerprint density at radius 1 is 1.09 bits per heavy atom. The fourth-order valence-electron chi connectivity index (χ4n) is 2.65. The van der Waals surface area contributed by atoms with Gasteiger partial charge in [-0.25, -0.2) is 0 Å². The molecule has 0 amide bonds. The lowest BCUT2D eigenvalue weighted by molar-refractivity contribution is 0.309. The van der Waals surface area contributed by atoms with Crippen LogP contribution in [0.3, 0.4) is 0 Å². The molecule has 0 aliphatic rings. The van der Waals surface area contributed by atoms with Gasteiger partial charge in [0.25, 0.3) is 5.56 Å². The number of likely N-dealkylation sites (N-methyl/N-ethyl adjacent to an activating group) is 1. The van der Waals surface area contributed by atoms with E-state index in [1.807, 2.05) is 49.5 Å². The minimum atomic E-state index is -0.0301. The first-order valence-electron chi connectivity index (χ1n) is 7.59. The largest absolute Gasteiger partial charge is 0.332 e. The molecular formula is C18H19N3OS. The summed E-state index contributed by atoms with van der Waals surface area (Å²) in [5.74, 6) is 0. The second-order valence-electron chi connectivity index (χ2n) is 5.66. The third-order valence-electron chi connectivity index (χ3n) is 3.89. The molecule has 23 heavy (non-hydrogen) atoms. The van der Waals surface area contributed by atoms with E-state index in [0.29, 0.717) is 16.7 Å². The summed E-state index contributed by atoms with van der Waals surface area (Å²) >= 11 is 5.34. The number of para-hydroxylation sites is 1. The van der Waals surface area contributed by atoms with Gasteiger partial charge in [0.05, 0.1) is 10.9 Å². The van der Waals surface area contributed by atoms with E-state index in [4.69, 9.17) is 12.2 Å². The van der Waals surface area contributed by atoms with Crippen LogP contribution in [0.2, 0.25) is 0 Å². The minimum Gasteiger partial charge on any atom is -0.332 e. The predicted octanol–water partition coefficient (Wildman–Crippen LogP) is 3.19. The smallest absolute Gasteiger partial charge is 0.262 e. The van der Waals surface area contributed by atoms with E-state index in [2.05, 4.69) is 22.0 Å². The molecule has 2 aromatic carbocycles. The lowest BCUT2D eigenvalue weighted by atomic mass is 10.2. The molecule has 0 unspecified atom stereocenters. The average Bonchev–Trinajstić information content (AvgIpc) is 2.55. The van der Waals surface area contributed by atoms with Crippen molar-refractivity contribution in [1.29, 1.82) is 0 Å². The normalized spacial score (nSPS) is 11.2. The van der Waals surface area contributed by atoms with E-state index < -0.39 is 0 Å². The van der Waals surface area contributed by atoms with Crippen molar-refractivity contribution in [1.82, 2.24) is 14.5 Å². The highest BCUT2D eigenvalue weighted by atomic mass is 32.1. The molecule has 3 rings (SSSR count). The summed E-state index contributed by atoms with van der Waals surface area (Å²) in [6, 6.07) is 17.7. The van der Waals surface area contributed by atoms with Crippen LogP contribution < -0.4 is 5.56 Å². The number of fused-ring (bicyclic) bond motifs is 1. The number of benzene rings is 2. The lowest BCUT2D eigenvalue weighted by Gasteiger charge is -2.17. The van der Waals surface area contributed by atoms with Crippen molar-refractivity contribution in [2.24, 2.45) is 0 Å². The summed E-state index contributed by atoms with van der Waals surface area (Å²) in [4.78, 5) is 17.9. The van der Waals surface area contributed by atoms with Crippen molar-refractivity contribution in [3.63, 3.8) is 0 Å². The van der Waals surface area contributed by atoms with Crippen LogP contribution in [0.1, 0.15) is 5.56 Å². The van der Waals surface area contributed by atoms with E-state index in [1.165, 1.54) is 5.56 Å². The molecule has 1 N–H and O–H groups in total. The Morgan fingerprint density at radius 2 is 1.78 bits per heavy atom. The molecule has 0 radical (unpaired) electrons. The number of H-pyrrole nitrogens is 1. The van der Waals surface area contributed by atoms with Crippen molar-refractivity contribution < 1.29 is 0 Å². The monoisotopic (exact) mass is 325 g/mol. The number of hydrogen-bond acceptors (Lipinski definition) is 3. The van der Waals surface area contributed by atoms with E-state index in [1.54, 1.807) is 4.57 Å². The quantitative estimate of drug-likeness (QED) is 0.733. The van der Waals surface area contributed by atoms with Gasteiger partial charge >= 0.3 is 0 Å². The summed E-state index contributed by atoms with van der Waals surface area (Å²) in [6.45, 7) is 2.17. The van der Waals surface area contributed by atoms with Gasteiger partial charge in [-0.2, -0.15) is 0 Å². The number of nitrogens with zero attached hydrogens (tertiary/aromatic N) is 2. The zero-order valence-electron chi connectivity index (χ0n) is 13.0. The molecule has 0 saturated heterocycles. The second-order valence-corrected chi connectivity index (χ2v) is 6.04. The number of rotatable bonds is 5. The number of aromatic nitrogens is 2. The first-order chi connectivity index (χ1) is 11.1. The van der Waals surface area contributed by atoms with Crippen molar-refractivity contribution in [2.45, 2.75) is 13.1 Å².